The van der Waals surface area contributed by atoms with Crippen LogP contribution in [0.15, 0.2) is 23.1 Å². The predicted molar refractivity (Wildman–Crippen MR) is 82.4 cm³/mol. The zero-order valence-corrected chi connectivity index (χ0v) is 13.2. The first-order valence-electron chi connectivity index (χ1n) is 6.94. The van der Waals surface area contributed by atoms with Crippen LogP contribution in [0.2, 0.25) is 0 Å². The molecule has 108 valence electrons. The Hall–Kier alpha value is -0.580. The lowest BCUT2D eigenvalue weighted by atomic mass is 10.1. The van der Waals surface area contributed by atoms with E-state index in [9.17, 15) is 4.39 Å². The second kappa shape index (κ2) is 8.56. The van der Waals surface area contributed by atoms with Gasteiger partial charge < -0.3 is 10.2 Å². The van der Waals surface area contributed by atoms with Crippen molar-refractivity contribution in [2.24, 2.45) is 0 Å². The molecule has 0 amide bonds. The molecule has 0 saturated heterocycles. The second-order valence-electron chi connectivity index (χ2n) is 4.54. The number of rotatable bonds is 8. The van der Waals surface area contributed by atoms with Gasteiger partial charge in [0.05, 0.1) is 0 Å². The third kappa shape index (κ3) is 4.79. The minimum absolute atomic E-state index is 0.107. The molecule has 1 aromatic rings. The van der Waals surface area contributed by atoms with Crippen molar-refractivity contribution in [3.63, 3.8) is 0 Å². The normalized spacial score (nSPS) is 12.9. The lowest BCUT2D eigenvalue weighted by Gasteiger charge is -2.19. The molecule has 1 rings (SSSR count). The Morgan fingerprint density at radius 2 is 2.00 bits per heavy atom. The van der Waals surface area contributed by atoms with Crippen molar-refractivity contribution in [1.82, 2.24) is 10.2 Å². The van der Waals surface area contributed by atoms with Gasteiger partial charge in [0.2, 0.25) is 0 Å². The van der Waals surface area contributed by atoms with Crippen molar-refractivity contribution in [2.45, 2.75) is 31.7 Å². The fourth-order valence-electron chi connectivity index (χ4n) is 1.99. The van der Waals surface area contributed by atoms with E-state index in [2.05, 4.69) is 31.0 Å². The van der Waals surface area contributed by atoms with Crippen LogP contribution in [0, 0.1) is 5.82 Å². The molecule has 1 N–H and O–H groups in total. The van der Waals surface area contributed by atoms with E-state index in [-0.39, 0.29) is 11.9 Å². The molecule has 1 aromatic carbocycles. The summed E-state index contributed by atoms with van der Waals surface area (Å²) in [5.41, 5.74) is 1.05. The highest BCUT2D eigenvalue weighted by Gasteiger charge is 2.13. The molecular formula is C15H25FN2S. The number of benzene rings is 1. The van der Waals surface area contributed by atoms with Crippen LogP contribution in [0.25, 0.3) is 0 Å². The molecule has 0 radical (unpaired) electrons. The molecule has 1 unspecified atom stereocenters. The summed E-state index contributed by atoms with van der Waals surface area (Å²) in [5, 5.41) is 3.18. The van der Waals surface area contributed by atoms with Crippen molar-refractivity contribution in [1.29, 1.82) is 0 Å². The van der Waals surface area contributed by atoms with Gasteiger partial charge in [0.15, 0.2) is 0 Å². The summed E-state index contributed by atoms with van der Waals surface area (Å²) in [6.45, 7) is 9.47. The summed E-state index contributed by atoms with van der Waals surface area (Å²) in [6.07, 6.45) is 0. The van der Waals surface area contributed by atoms with Crippen molar-refractivity contribution in [2.75, 3.05) is 32.4 Å². The molecule has 0 fully saturated rings. The van der Waals surface area contributed by atoms with E-state index < -0.39 is 0 Å². The molecule has 0 aliphatic rings. The summed E-state index contributed by atoms with van der Waals surface area (Å²) in [4.78, 5) is 3.14. The lowest BCUT2D eigenvalue weighted by molar-refractivity contribution is 0.324. The van der Waals surface area contributed by atoms with Crippen LogP contribution >= 0.6 is 11.8 Å². The first kappa shape index (κ1) is 16.5. The van der Waals surface area contributed by atoms with Gasteiger partial charge >= 0.3 is 0 Å². The van der Waals surface area contributed by atoms with E-state index in [1.54, 1.807) is 23.9 Å². The highest BCUT2D eigenvalue weighted by Crippen LogP contribution is 2.30. The summed E-state index contributed by atoms with van der Waals surface area (Å²) in [5.74, 6) is 0.815. The minimum Gasteiger partial charge on any atom is -0.313 e. The zero-order valence-electron chi connectivity index (χ0n) is 12.4. The van der Waals surface area contributed by atoms with E-state index >= 15 is 0 Å². The molecule has 2 nitrogen and oxygen atoms in total. The minimum atomic E-state index is -0.107. The van der Waals surface area contributed by atoms with Crippen LogP contribution in [0.4, 0.5) is 4.39 Å². The third-order valence-corrected chi connectivity index (χ3v) is 4.55. The number of hydrogen-bond donors (Lipinski definition) is 1. The smallest absolute Gasteiger partial charge is 0.137 e. The second-order valence-corrected chi connectivity index (χ2v) is 5.65. The van der Waals surface area contributed by atoms with Gasteiger partial charge in [-0.25, -0.2) is 4.39 Å². The van der Waals surface area contributed by atoms with E-state index in [1.165, 1.54) is 0 Å². The Labute approximate surface area is 120 Å². The fraction of sp³-hybridized carbons (Fsp3) is 0.600. The van der Waals surface area contributed by atoms with Gasteiger partial charge in [-0.2, -0.15) is 0 Å². The Morgan fingerprint density at radius 1 is 1.32 bits per heavy atom. The molecule has 0 heterocycles. The van der Waals surface area contributed by atoms with Gasteiger partial charge in [-0.05, 0) is 38.7 Å². The molecular weight excluding hydrogens is 259 g/mol. The molecule has 1 atom stereocenters. The Bertz CT molecular complexity index is 380. The molecule has 0 bridgehead atoms. The molecule has 0 aromatic heterocycles. The maximum absolute atomic E-state index is 14.0. The van der Waals surface area contributed by atoms with Gasteiger partial charge in [-0.1, -0.05) is 26.0 Å². The Morgan fingerprint density at radius 3 is 2.58 bits per heavy atom. The highest BCUT2D eigenvalue weighted by atomic mass is 32.2. The van der Waals surface area contributed by atoms with Crippen molar-refractivity contribution >= 4 is 11.8 Å². The van der Waals surface area contributed by atoms with E-state index in [0.29, 0.717) is 0 Å². The number of halogens is 1. The van der Waals surface area contributed by atoms with Crippen LogP contribution in [-0.2, 0) is 0 Å². The SMILES string of the molecule is CCN(CC)CCSc1c(F)cccc1C(C)NC. The summed E-state index contributed by atoms with van der Waals surface area (Å²) < 4.78 is 14.0. The average molecular weight is 284 g/mol. The summed E-state index contributed by atoms with van der Waals surface area (Å²) in [6, 6.07) is 5.51. The maximum atomic E-state index is 14.0. The quantitative estimate of drug-likeness (QED) is 0.735. The lowest BCUT2D eigenvalue weighted by Crippen LogP contribution is -2.25. The largest absolute Gasteiger partial charge is 0.313 e. The molecule has 0 saturated carbocycles. The first-order chi connectivity index (χ1) is 9.13. The first-order valence-corrected chi connectivity index (χ1v) is 7.93. The third-order valence-electron chi connectivity index (χ3n) is 3.45. The molecule has 0 spiro atoms. The Balaban J connectivity index is 2.71. The van der Waals surface area contributed by atoms with Crippen molar-refractivity contribution in [3.8, 4) is 0 Å². The highest BCUT2D eigenvalue weighted by molar-refractivity contribution is 7.99. The number of thioether (sulfide) groups is 1. The average Bonchev–Trinajstić information content (AvgIpc) is 2.44. The molecule has 0 aliphatic carbocycles. The molecule has 19 heavy (non-hydrogen) atoms. The summed E-state index contributed by atoms with van der Waals surface area (Å²) in [7, 11) is 1.90. The van der Waals surface area contributed by atoms with Crippen molar-refractivity contribution < 1.29 is 4.39 Å². The number of nitrogens with zero attached hydrogens (tertiary/aromatic N) is 1. The zero-order chi connectivity index (χ0) is 14.3. The van der Waals surface area contributed by atoms with Crippen LogP contribution < -0.4 is 5.32 Å². The van der Waals surface area contributed by atoms with Crippen LogP contribution in [0.5, 0.6) is 0 Å². The Kier molecular flexibility index (Phi) is 7.42. The van der Waals surface area contributed by atoms with Gasteiger partial charge in [-0.15, -0.1) is 11.8 Å². The van der Waals surface area contributed by atoms with Gasteiger partial charge in [0.1, 0.15) is 5.82 Å². The predicted octanol–water partition coefficient (Wildman–Crippen LogP) is 3.54. The van der Waals surface area contributed by atoms with Crippen LogP contribution in [0.1, 0.15) is 32.4 Å². The molecule has 0 aliphatic heterocycles. The topological polar surface area (TPSA) is 15.3 Å². The van der Waals surface area contributed by atoms with Crippen molar-refractivity contribution in [3.05, 3.63) is 29.6 Å². The maximum Gasteiger partial charge on any atom is 0.137 e. The fourth-order valence-corrected chi connectivity index (χ4v) is 3.16. The van der Waals surface area contributed by atoms with E-state index in [1.807, 2.05) is 13.1 Å². The van der Waals surface area contributed by atoms with E-state index in [0.717, 1.165) is 35.8 Å². The standard InChI is InChI=1S/C15H25FN2S/c1-5-18(6-2)10-11-19-15-13(12(3)17-4)8-7-9-14(15)16/h7-9,12,17H,5-6,10-11H2,1-4H3. The van der Waals surface area contributed by atoms with Gasteiger partial charge in [0, 0.05) is 23.2 Å². The van der Waals surface area contributed by atoms with Gasteiger partial charge in [0.25, 0.3) is 0 Å². The number of hydrogen-bond acceptors (Lipinski definition) is 3. The number of nitrogens with one attached hydrogen (secondary N) is 1. The van der Waals surface area contributed by atoms with E-state index in [4.69, 9.17) is 0 Å². The monoisotopic (exact) mass is 284 g/mol. The van der Waals surface area contributed by atoms with Crippen LogP contribution in [0.3, 0.4) is 0 Å². The summed E-state index contributed by atoms with van der Waals surface area (Å²) >= 11 is 1.62. The molecule has 4 heteroatoms. The van der Waals surface area contributed by atoms with Gasteiger partial charge in [-0.3, -0.25) is 0 Å². The van der Waals surface area contributed by atoms with Crippen LogP contribution in [-0.4, -0.2) is 37.3 Å².